The van der Waals surface area contributed by atoms with Gasteiger partial charge < -0.3 is 14.6 Å². The standard InChI is InChI=1S/C17H16O4/c1-20-15-6-8-16(9-7-15)21-12-14-4-2-3-13(11-14)5-10-17(18)19/h2-11H,12H2,1H3,(H,18,19). The Morgan fingerprint density at radius 3 is 2.52 bits per heavy atom. The maximum atomic E-state index is 10.5. The highest BCUT2D eigenvalue weighted by Gasteiger charge is 1.98. The minimum atomic E-state index is -0.963. The molecule has 0 fully saturated rings. The number of rotatable bonds is 6. The second-order valence-corrected chi connectivity index (χ2v) is 4.38. The van der Waals surface area contributed by atoms with Crippen molar-refractivity contribution in [2.24, 2.45) is 0 Å². The lowest BCUT2D eigenvalue weighted by atomic mass is 10.1. The average Bonchev–Trinajstić information content (AvgIpc) is 2.52. The molecule has 2 rings (SSSR count). The van der Waals surface area contributed by atoms with Crippen LogP contribution in [-0.2, 0) is 11.4 Å². The van der Waals surface area contributed by atoms with E-state index in [1.165, 1.54) is 0 Å². The van der Waals surface area contributed by atoms with Crippen LogP contribution >= 0.6 is 0 Å². The molecule has 0 aliphatic carbocycles. The molecule has 4 nitrogen and oxygen atoms in total. The number of carboxylic acids is 1. The summed E-state index contributed by atoms with van der Waals surface area (Å²) >= 11 is 0. The monoisotopic (exact) mass is 284 g/mol. The molecule has 21 heavy (non-hydrogen) atoms. The molecule has 0 spiro atoms. The van der Waals surface area contributed by atoms with Gasteiger partial charge in [0.15, 0.2) is 0 Å². The van der Waals surface area contributed by atoms with Crippen LogP contribution in [-0.4, -0.2) is 18.2 Å². The first kappa shape index (κ1) is 14.7. The molecule has 108 valence electrons. The number of aliphatic carboxylic acids is 1. The fourth-order valence-electron chi connectivity index (χ4n) is 1.79. The molecule has 0 unspecified atom stereocenters. The lowest BCUT2D eigenvalue weighted by Gasteiger charge is -2.07. The largest absolute Gasteiger partial charge is 0.497 e. The Morgan fingerprint density at radius 2 is 1.86 bits per heavy atom. The lowest BCUT2D eigenvalue weighted by molar-refractivity contribution is -0.131. The van der Waals surface area contributed by atoms with Crippen molar-refractivity contribution in [1.82, 2.24) is 0 Å². The number of benzene rings is 2. The van der Waals surface area contributed by atoms with Crippen LogP contribution in [0.3, 0.4) is 0 Å². The quantitative estimate of drug-likeness (QED) is 0.826. The second-order valence-electron chi connectivity index (χ2n) is 4.38. The zero-order valence-electron chi connectivity index (χ0n) is 11.7. The molecule has 0 saturated heterocycles. The third-order valence-corrected chi connectivity index (χ3v) is 2.83. The Labute approximate surface area is 123 Å². The van der Waals surface area contributed by atoms with Gasteiger partial charge in [0.05, 0.1) is 7.11 Å². The zero-order valence-corrected chi connectivity index (χ0v) is 11.7. The van der Waals surface area contributed by atoms with Gasteiger partial charge in [-0.05, 0) is 47.5 Å². The van der Waals surface area contributed by atoms with Crippen molar-refractivity contribution in [3.05, 3.63) is 65.7 Å². The van der Waals surface area contributed by atoms with Gasteiger partial charge in [0.25, 0.3) is 0 Å². The molecule has 0 radical (unpaired) electrons. The van der Waals surface area contributed by atoms with E-state index in [1.807, 2.05) is 48.5 Å². The summed E-state index contributed by atoms with van der Waals surface area (Å²) in [6.45, 7) is 0.418. The first-order valence-electron chi connectivity index (χ1n) is 6.44. The van der Waals surface area contributed by atoms with Gasteiger partial charge in [-0.3, -0.25) is 0 Å². The van der Waals surface area contributed by atoms with Crippen molar-refractivity contribution >= 4 is 12.0 Å². The molecule has 0 amide bonds. The molecule has 0 aliphatic heterocycles. The summed E-state index contributed by atoms with van der Waals surface area (Å²) in [6, 6.07) is 14.9. The topological polar surface area (TPSA) is 55.8 Å². The molecule has 0 heterocycles. The fraction of sp³-hybridized carbons (Fsp3) is 0.118. The van der Waals surface area contributed by atoms with Crippen LogP contribution in [0.2, 0.25) is 0 Å². The average molecular weight is 284 g/mol. The molecule has 2 aromatic rings. The molecule has 1 N–H and O–H groups in total. The van der Waals surface area contributed by atoms with E-state index < -0.39 is 5.97 Å². The van der Waals surface area contributed by atoms with Crippen molar-refractivity contribution in [2.45, 2.75) is 6.61 Å². The predicted octanol–water partition coefficient (Wildman–Crippen LogP) is 3.37. The van der Waals surface area contributed by atoms with E-state index in [-0.39, 0.29) is 0 Å². The van der Waals surface area contributed by atoms with Crippen LogP contribution in [0.25, 0.3) is 6.08 Å². The van der Waals surface area contributed by atoms with Crippen LogP contribution in [0.4, 0.5) is 0 Å². The number of carboxylic acid groups (broad SMARTS) is 1. The van der Waals surface area contributed by atoms with E-state index in [1.54, 1.807) is 13.2 Å². The molecule has 0 bridgehead atoms. The predicted molar refractivity (Wildman–Crippen MR) is 80.4 cm³/mol. The van der Waals surface area contributed by atoms with Crippen molar-refractivity contribution in [2.75, 3.05) is 7.11 Å². The van der Waals surface area contributed by atoms with Gasteiger partial charge in [0.1, 0.15) is 18.1 Å². The van der Waals surface area contributed by atoms with E-state index >= 15 is 0 Å². The first-order chi connectivity index (χ1) is 10.2. The molecule has 0 atom stereocenters. The first-order valence-corrected chi connectivity index (χ1v) is 6.44. The number of hydrogen-bond acceptors (Lipinski definition) is 3. The Kier molecular flexibility index (Phi) is 4.99. The molecular weight excluding hydrogens is 268 g/mol. The third kappa shape index (κ3) is 4.69. The van der Waals surface area contributed by atoms with Crippen molar-refractivity contribution in [3.8, 4) is 11.5 Å². The van der Waals surface area contributed by atoms with Gasteiger partial charge >= 0.3 is 5.97 Å². The molecular formula is C17H16O4. The third-order valence-electron chi connectivity index (χ3n) is 2.83. The number of carbonyl (C=O) groups is 1. The van der Waals surface area contributed by atoms with Gasteiger partial charge in [-0.15, -0.1) is 0 Å². The second kappa shape index (κ2) is 7.14. The normalized spacial score (nSPS) is 10.5. The van der Waals surface area contributed by atoms with E-state index in [4.69, 9.17) is 14.6 Å². The Bertz CT molecular complexity index is 629. The van der Waals surface area contributed by atoms with Crippen LogP contribution < -0.4 is 9.47 Å². The van der Waals surface area contributed by atoms with E-state index in [2.05, 4.69) is 0 Å². The van der Waals surface area contributed by atoms with Crippen LogP contribution in [0.1, 0.15) is 11.1 Å². The molecule has 0 aliphatic rings. The number of hydrogen-bond donors (Lipinski definition) is 1. The van der Waals surface area contributed by atoms with Gasteiger partial charge in [0.2, 0.25) is 0 Å². The fourth-order valence-corrected chi connectivity index (χ4v) is 1.79. The zero-order chi connectivity index (χ0) is 15.1. The van der Waals surface area contributed by atoms with Gasteiger partial charge in [-0.1, -0.05) is 18.2 Å². The number of methoxy groups -OCH3 is 1. The van der Waals surface area contributed by atoms with Crippen molar-refractivity contribution in [1.29, 1.82) is 0 Å². The highest BCUT2D eigenvalue weighted by Crippen LogP contribution is 2.18. The van der Waals surface area contributed by atoms with E-state index in [9.17, 15) is 4.79 Å². The van der Waals surface area contributed by atoms with Crippen molar-refractivity contribution in [3.63, 3.8) is 0 Å². The summed E-state index contributed by atoms with van der Waals surface area (Å²) in [7, 11) is 1.62. The minimum absolute atomic E-state index is 0.418. The lowest BCUT2D eigenvalue weighted by Crippen LogP contribution is -1.95. The molecule has 4 heteroatoms. The van der Waals surface area contributed by atoms with Crippen LogP contribution in [0.5, 0.6) is 11.5 Å². The van der Waals surface area contributed by atoms with Crippen LogP contribution in [0.15, 0.2) is 54.6 Å². The summed E-state index contributed by atoms with van der Waals surface area (Å²) < 4.78 is 10.8. The highest BCUT2D eigenvalue weighted by atomic mass is 16.5. The SMILES string of the molecule is COc1ccc(OCc2cccc(C=CC(=O)O)c2)cc1. The summed E-state index contributed by atoms with van der Waals surface area (Å²) in [6.07, 6.45) is 2.67. The summed E-state index contributed by atoms with van der Waals surface area (Å²) in [5, 5.41) is 8.62. The van der Waals surface area contributed by atoms with Crippen LogP contribution in [0, 0.1) is 0 Å². The summed E-state index contributed by atoms with van der Waals surface area (Å²) in [5.41, 5.74) is 1.80. The van der Waals surface area contributed by atoms with Gasteiger partial charge in [-0.2, -0.15) is 0 Å². The summed E-state index contributed by atoms with van der Waals surface area (Å²) in [4.78, 5) is 10.5. The smallest absolute Gasteiger partial charge is 0.328 e. The maximum Gasteiger partial charge on any atom is 0.328 e. The number of ether oxygens (including phenoxy) is 2. The molecule has 0 aromatic heterocycles. The Morgan fingerprint density at radius 1 is 1.14 bits per heavy atom. The van der Waals surface area contributed by atoms with E-state index in [0.717, 1.165) is 28.7 Å². The van der Waals surface area contributed by atoms with Gasteiger partial charge in [0, 0.05) is 6.08 Å². The summed E-state index contributed by atoms with van der Waals surface area (Å²) in [5.74, 6) is 0.570. The van der Waals surface area contributed by atoms with E-state index in [0.29, 0.717) is 6.61 Å². The van der Waals surface area contributed by atoms with Crippen molar-refractivity contribution < 1.29 is 19.4 Å². The van der Waals surface area contributed by atoms with Gasteiger partial charge in [-0.25, -0.2) is 4.79 Å². The molecule has 2 aromatic carbocycles. The Balaban J connectivity index is 1.99. The molecule has 0 saturated carbocycles. The Hall–Kier alpha value is -2.75. The minimum Gasteiger partial charge on any atom is -0.497 e. The maximum absolute atomic E-state index is 10.5. The highest BCUT2D eigenvalue weighted by molar-refractivity contribution is 5.85.